The summed E-state index contributed by atoms with van der Waals surface area (Å²) in [5.74, 6) is -0.706. The van der Waals surface area contributed by atoms with Crippen LogP contribution < -0.4 is 5.73 Å². The first kappa shape index (κ1) is 15.9. The van der Waals surface area contributed by atoms with E-state index in [2.05, 4.69) is 31.9 Å². The summed E-state index contributed by atoms with van der Waals surface area (Å²) in [6, 6.07) is 0.213. The fourth-order valence-corrected chi connectivity index (χ4v) is 2.08. The Labute approximate surface area is 123 Å². The molecule has 0 radical (unpaired) electrons. The molecule has 1 aliphatic carbocycles. The average Bonchev–Trinajstić information content (AvgIpc) is 2.34. The largest absolute Gasteiger partial charge is 0.462 e. The van der Waals surface area contributed by atoms with Crippen molar-refractivity contribution < 1.29 is 19.1 Å². The van der Waals surface area contributed by atoms with E-state index in [1.54, 1.807) is 0 Å². The van der Waals surface area contributed by atoms with Crippen molar-refractivity contribution >= 4 is 43.8 Å². The highest BCUT2D eigenvalue weighted by atomic mass is 79.9. The highest BCUT2D eigenvalue weighted by Crippen LogP contribution is 2.24. The number of hydrogen-bond donors (Lipinski definition) is 1. The van der Waals surface area contributed by atoms with Gasteiger partial charge in [-0.25, -0.2) is 4.79 Å². The number of hydrogen-bond acceptors (Lipinski definition) is 5. The van der Waals surface area contributed by atoms with Crippen LogP contribution in [-0.2, 0) is 19.1 Å². The lowest BCUT2D eigenvalue weighted by molar-refractivity contribution is -0.155. The molecule has 0 spiro atoms. The second-order valence-electron chi connectivity index (χ2n) is 4.25. The number of alkyl halides is 2. The van der Waals surface area contributed by atoms with Crippen molar-refractivity contribution in [2.45, 2.75) is 35.5 Å². The first-order chi connectivity index (χ1) is 8.50. The molecule has 1 rings (SSSR count). The molecule has 5 nitrogen and oxygen atoms in total. The Morgan fingerprint density at radius 2 is 1.67 bits per heavy atom. The molecule has 104 valence electrons. The van der Waals surface area contributed by atoms with Gasteiger partial charge in [-0.2, -0.15) is 0 Å². The van der Waals surface area contributed by atoms with Crippen LogP contribution in [0.2, 0.25) is 0 Å². The summed E-state index contributed by atoms with van der Waals surface area (Å²) >= 11 is 6.02. The maximum absolute atomic E-state index is 11.7. The number of halogens is 2. The van der Waals surface area contributed by atoms with Gasteiger partial charge in [-0.15, -0.1) is 0 Å². The van der Waals surface area contributed by atoms with Gasteiger partial charge in [-0.1, -0.05) is 31.9 Å². The Hall–Kier alpha value is -0.140. The van der Waals surface area contributed by atoms with E-state index in [4.69, 9.17) is 15.2 Å². The lowest BCUT2D eigenvalue weighted by Gasteiger charge is -2.24. The molecule has 0 atom stereocenters. The predicted molar refractivity (Wildman–Crippen MR) is 73.5 cm³/mol. The van der Waals surface area contributed by atoms with Crippen LogP contribution in [0.5, 0.6) is 0 Å². The predicted octanol–water partition coefficient (Wildman–Crippen LogP) is 1.71. The summed E-state index contributed by atoms with van der Waals surface area (Å²) in [6.45, 7) is 0.171. The molecule has 2 N–H and O–H groups in total. The molecule has 1 fully saturated rings. The maximum Gasteiger partial charge on any atom is 0.330 e. The molecule has 0 aliphatic heterocycles. The average molecular weight is 387 g/mol. The second-order valence-corrected chi connectivity index (χ2v) is 7.31. The van der Waals surface area contributed by atoms with Gasteiger partial charge in [0.05, 0.1) is 5.92 Å². The van der Waals surface area contributed by atoms with Gasteiger partial charge in [0.15, 0.2) is 3.74 Å². The van der Waals surface area contributed by atoms with Crippen LogP contribution in [-0.4, -0.2) is 34.9 Å². The molecule has 18 heavy (non-hydrogen) atoms. The fraction of sp³-hybridized carbons (Fsp3) is 0.818. The smallest absolute Gasteiger partial charge is 0.330 e. The third-order valence-electron chi connectivity index (χ3n) is 2.86. The van der Waals surface area contributed by atoms with E-state index < -0.39 is 9.71 Å². The number of carbonyl (C=O) groups is 2. The lowest BCUT2D eigenvalue weighted by Crippen LogP contribution is -2.31. The Morgan fingerprint density at radius 1 is 1.11 bits per heavy atom. The SMILES string of the molecule is NC1CCC(C(=O)OCCOC(=O)C(Br)Br)CC1. The fourth-order valence-electron chi connectivity index (χ4n) is 1.82. The van der Waals surface area contributed by atoms with E-state index in [1.165, 1.54) is 0 Å². The van der Waals surface area contributed by atoms with Crippen LogP contribution in [0.25, 0.3) is 0 Å². The molecule has 0 saturated heterocycles. The van der Waals surface area contributed by atoms with Gasteiger partial charge in [-0.05, 0) is 25.7 Å². The maximum atomic E-state index is 11.7. The highest BCUT2D eigenvalue weighted by Gasteiger charge is 2.25. The second kappa shape index (κ2) is 8.12. The zero-order chi connectivity index (χ0) is 13.5. The van der Waals surface area contributed by atoms with Crippen molar-refractivity contribution in [3.63, 3.8) is 0 Å². The lowest BCUT2D eigenvalue weighted by atomic mass is 9.86. The Bertz CT molecular complexity index is 291. The summed E-state index contributed by atoms with van der Waals surface area (Å²) in [4.78, 5) is 22.7. The van der Waals surface area contributed by atoms with Crippen LogP contribution in [0.4, 0.5) is 0 Å². The van der Waals surface area contributed by atoms with Gasteiger partial charge in [0, 0.05) is 6.04 Å². The van der Waals surface area contributed by atoms with Crippen molar-refractivity contribution in [3.05, 3.63) is 0 Å². The molecule has 1 saturated carbocycles. The van der Waals surface area contributed by atoms with Crippen molar-refractivity contribution in [2.24, 2.45) is 11.7 Å². The molecule has 0 aromatic rings. The summed E-state index contributed by atoms with van der Waals surface area (Å²) < 4.78 is 9.36. The van der Waals surface area contributed by atoms with Crippen LogP contribution in [0, 0.1) is 5.92 Å². The first-order valence-electron chi connectivity index (χ1n) is 5.87. The standard InChI is InChI=1S/C11H17Br2NO4/c12-9(13)11(16)18-6-5-17-10(15)7-1-3-8(14)4-2-7/h7-9H,1-6,14H2. The summed E-state index contributed by atoms with van der Waals surface area (Å²) in [5.41, 5.74) is 5.76. The molecular formula is C11H17Br2NO4. The summed E-state index contributed by atoms with van der Waals surface area (Å²) in [7, 11) is 0. The van der Waals surface area contributed by atoms with Crippen molar-refractivity contribution in [2.75, 3.05) is 13.2 Å². The minimum atomic E-state index is -0.527. The molecule has 0 amide bonds. The van der Waals surface area contributed by atoms with E-state index >= 15 is 0 Å². The number of carbonyl (C=O) groups excluding carboxylic acids is 2. The summed E-state index contributed by atoms with van der Waals surface area (Å²) in [5, 5.41) is 0. The zero-order valence-electron chi connectivity index (χ0n) is 9.94. The molecule has 0 unspecified atom stereocenters. The van der Waals surface area contributed by atoms with Gasteiger partial charge < -0.3 is 15.2 Å². The Kier molecular flexibility index (Phi) is 7.18. The topological polar surface area (TPSA) is 78.6 Å². The summed E-state index contributed by atoms with van der Waals surface area (Å²) in [6.07, 6.45) is 3.29. The first-order valence-corrected chi connectivity index (χ1v) is 7.71. The molecule has 7 heteroatoms. The number of ether oxygens (including phenoxy) is 2. The van der Waals surface area contributed by atoms with Crippen LogP contribution in [0.1, 0.15) is 25.7 Å². The minimum absolute atomic E-state index is 0.0550. The molecule has 0 heterocycles. The quantitative estimate of drug-likeness (QED) is 0.442. The van der Waals surface area contributed by atoms with Crippen molar-refractivity contribution in [1.29, 1.82) is 0 Å². The van der Waals surface area contributed by atoms with Gasteiger partial charge >= 0.3 is 11.9 Å². The number of rotatable bonds is 5. The Morgan fingerprint density at radius 3 is 2.22 bits per heavy atom. The van der Waals surface area contributed by atoms with Crippen LogP contribution in [0.3, 0.4) is 0 Å². The third-order valence-corrected chi connectivity index (χ3v) is 3.60. The van der Waals surface area contributed by atoms with E-state index in [0.717, 1.165) is 25.7 Å². The van der Waals surface area contributed by atoms with Crippen LogP contribution in [0.15, 0.2) is 0 Å². The van der Waals surface area contributed by atoms with E-state index in [1.807, 2.05) is 0 Å². The molecular weight excluding hydrogens is 370 g/mol. The molecule has 0 bridgehead atoms. The van der Waals surface area contributed by atoms with Crippen molar-refractivity contribution in [1.82, 2.24) is 0 Å². The van der Waals surface area contributed by atoms with Gasteiger partial charge in [0.1, 0.15) is 13.2 Å². The molecule has 1 aliphatic rings. The van der Waals surface area contributed by atoms with E-state index in [9.17, 15) is 9.59 Å². The third kappa shape index (κ3) is 5.67. The monoisotopic (exact) mass is 385 g/mol. The molecule has 0 aromatic heterocycles. The van der Waals surface area contributed by atoms with Gasteiger partial charge in [-0.3, -0.25) is 4.79 Å². The Balaban J connectivity index is 2.12. The van der Waals surface area contributed by atoms with Crippen molar-refractivity contribution in [3.8, 4) is 0 Å². The normalized spacial score (nSPS) is 23.8. The number of esters is 2. The zero-order valence-corrected chi connectivity index (χ0v) is 13.1. The van der Waals surface area contributed by atoms with Gasteiger partial charge in [0.2, 0.25) is 0 Å². The van der Waals surface area contributed by atoms with Gasteiger partial charge in [0.25, 0.3) is 0 Å². The number of nitrogens with two attached hydrogens (primary N) is 1. The van der Waals surface area contributed by atoms with Crippen LogP contribution >= 0.6 is 31.9 Å². The molecule has 0 aromatic carbocycles. The highest BCUT2D eigenvalue weighted by molar-refractivity contribution is 9.25. The van der Waals surface area contributed by atoms with E-state index in [0.29, 0.717) is 0 Å². The van der Waals surface area contributed by atoms with E-state index in [-0.39, 0.29) is 31.1 Å². The minimum Gasteiger partial charge on any atom is -0.462 e.